The van der Waals surface area contributed by atoms with Gasteiger partial charge in [0.1, 0.15) is 0 Å². The lowest BCUT2D eigenvalue weighted by Crippen LogP contribution is -2.28. The van der Waals surface area contributed by atoms with Gasteiger partial charge in [-0.2, -0.15) is 0 Å². The minimum Gasteiger partial charge on any atom is -0.385 e. The van der Waals surface area contributed by atoms with Crippen LogP contribution in [-0.2, 0) is 4.79 Å². The Morgan fingerprint density at radius 2 is 2.30 bits per heavy atom. The van der Waals surface area contributed by atoms with Crippen LogP contribution in [0.4, 0.5) is 11.4 Å². The van der Waals surface area contributed by atoms with Gasteiger partial charge in [0.2, 0.25) is 5.91 Å². The molecule has 8 heteroatoms. The first-order valence-electron chi connectivity index (χ1n) is 6.00. The average molecular weight is 294 g/mol. The molecule has 0 aliphatic carbocycles. The molecule has 1 amide bonds. The minimum atomic E-state index is -0.447. The number of anilines is 1. The highest BCUT2D eigenvalue weighted by molar-refractivity contribution is 8.15. The fourth-order valence-electron chi connectivity index (χ4n) is 1.84. The molecular formula is C12H14N4O3S. The fraction of sp³-hybridized carbons (Fsp3) is 0.333. The Hall–Kier alpha value is -2.09. The normalized spacial score (nSPS) is 18.4. The zero-order valence-corrected chi connectivity index (χ0v) is 11.6. The maximum Gasteiger partial charge on any atom is 0.271 e. The number of non-ortho nitro benzene ring substituents is 1. The summed E-state index contributed by atoms with van der Waals surface area (Å²) >= 11 is 1.24. The number of carbonyl (C=O) groups excluding carboxylic acids is 1. The van der Waals surface area contributed by atoms with Gasteiger partial charge < -0.3 is 5.32 Å². The zero-order chi connectivity index (χ0) is 14.7. The smallest absolute Gasteiger partial charge is 0.271 e. The Morgan fingerprint density at radius 3 is 2.90 bits per heavy atom. The third kappa shape index (κ3) is 3.08. The van der Waals surface area contributed by atoms with E-state index in [1.165, 1.54) is 28.8 Å². The first kappa shape index (κ1) is 14.3. The monoisotopic (exact) mass is 294 g/mol. The van der Waals surface area contributed by atoms with Crippen LogP contribution in [0, 0.1) is 15.5 Å². The maximum atomic E-state index is 11.7. The number of amides is 1. The summed E-state index contributed by atoms with van der Waals surface area (Å²) in [6, 6.07) is 6.24. The van der Waals surface area contributed by atoms with E-state index in [1.807, 2.05) is 0 Å². The molecule has 0 radical (unpaired) electrons. The number of nitro benzene ring substituents is 1. The van der Waals surface area contributed by atoms with Gasteiger partial charge >= 0.3 is 0 Å². The van der Waals surface area contributed by atoms with Crippen LogP contribution < -0.4 is 5.32 Å². The van der Waals surface area contributed by atoms with Gasteiger partial charge in [0.25, 0.3) is 5.69 Å². The summed E-state index contributed by atoms with van der Waals surface area (Å²) in [5.41, 5.74) is 0.681. The molecular weight excluding hydrogens is 280 g/mol. The Balaban J connectivity index is 1.87. The lowest BCUT2D eigenvalue weighted by Gasteiger charge is -2.09. The van der Waals surface area contributed by atoms with Crippen LogP contribution >= 0.6 is 11.8 Å². The van der Waals surface area contributed by atoms with Crippen molar-refractivity contribution in [1.82, 2.24) is 4.90 Å². The molecule has 1 aromatic rings. The molecule has 2 N–H and O–H groups in total. The third-order valence-electron chi connectivity index (χ3n) is 2.96. The maximum absolute atomic E-state index is 11.7. The van der Waals surface area contributed by atoms with Crippen molar-refractivity contribution in [2.24, 2.45) is 0 Å². The number of nitrogens with one attached hydrogen (secondary N) is 2. The predicted octanol–water partition coefficient (Wildman–Crippen LogP) is 1.91. The highest BCUT2D eigenvalue weighted by Crippen LogP contribution is 2.27. The molecule has 1 atom stereocenters. The first-order chi connectivity index (χ1) is 9.49. The van der Waals surface area contributed by atoms with E-state index in [1.54, 1.807) is 19.2 Å². The number of nitro groups is 1. The molecule has 1 aliphatic heterocycles. The van der Waals surface area contributed by atoms with E-state index in [-0.39, 0.29) is 22.0 Å². The van der Waals surface area contributed by atoms with Crippen LogP contribution in [0.3, 0.4) is 0 Å². The third-order valence-corrected chi connectivity index (χ3v) is 4.18. The Kier molecular flexibility index (Phi) is 4.23. The van der Waals surface area contributed by atoms with Crippen molar-refractivity contribution in [3.63, 3.8) is 0 Å². The van der Waals surface area contributed by atoms with E-state index in [9.17, 15) is 14.9 Å². The van der Waals surface area contributed by atoms with Crippen molar-refractivity contribution < 1.29 is 9.72 Å². The highest BCUT2D eigenvalue weighted by Gasteiger charge is 2.33. The molecule has 1 unspecified atom stereocenters. The van der Waals surface area contributed by atoms with Gasteiger partial charge in [-0.25, -0.2) is 0 Å². The Labute approximate surface area is 120 Å². The molecule has 0 spiro atoms. The van der Waals surface area contributed by atoms with Crippen molar-refractivity contribution in [3.8, 4) is 0 Å². The summed E-state index contributed by atoms with van der Waals surface area (Å²) in [7, 11) is 1.59. The molecule has 0 aromatic heterocycles. The minimum absolute atomic E-state index is 0.0304. The van der Waals surface area contributed by atoms with Gasteiger partial charge in [-0.05, 0) is 12.5 Å². The second kappa shape index (κ2) is 5.91. The SMILES string of the molecule is CN1C(=N)SC(CCNc2cccc([N+](=O)[O-])c2)C1=O. The molecule has 7 nitrogen and oxygen atoms in total. The lowest BCUT2D eigenvalue weighted by molar-refractivity contribution is -0.384. The van der Waals surface area contributed by atoms with Crippen molar-refractivity contribution in [3.05, 3.63) is 34.4 Å². The number of hydrogen-bond donors (Lipinski definition) is 2. The quantitative estimate of drug-likeness (QED) is 0.638. The lowest BCUT2D eigenvalue weighted by atomic mass is 10.2. The van der Waals surface area contributed by atoms with E-state index in [4.69, 9.17) is 5.41 Å². The number of thioether (sulfide) groups is 1. The molecule has 1 saturated heterocycles. The molecule has 0 saturated carbocycles. The Morgan fingerprint density at radius 1 is 1.55 bits per heavy atom. The topological polar surface area (TPSA) is 99.3 Å². The molecule has 1 aromatic carbocycles. The van der Waals surface area contributed by atoms with Crippen LogP contribution in [-0.4, -0.2) is 39.7 Å². The van der Waals surface area contributed by atoms with Gasteiger partial charge in [0.05, 0.1) is 10.2 Å². The first-order valence-corrected chi connectivity index (χ1v) is 6.88. The van der Waals surface area contributed by atoms with Crippen molar-refractivity contribution in [2.45, 2.75) is 11.7 Å². The number of benzene rings is 1. The molecule has 20 heavy (non-hydrogen) atoms. The number of nitrogens with zero attached hydrogens (tertiary/aromatic N) is 2. The van der Waals surface area contributed by atoms with Crippen molar-refractivity contribution >= 4 is 34.2 Å². The summed E-state index contributed by atoms with van der Waals surface area (Å²) in [6.45, 7) is 0.520. The summed E-state index contributed by atoms with van der Waals surface area (Å²) in [5, 5.41) is 21.3. The largest absolute Gasteiger partial charge is 0.385 e. The second-order valence-corrected chi connectivity index (χ2v) is 5.52. The summed E-state index contributed by atoms with van der Waals surface area (Å²) < 4.78 is 0. The van der Waals surface area contributed by atoms with Gasteiger partial charge in [0, 0.05) is 31.4 Å². The standard InChI is InChI=1S/C12H14N4O3S/c1-15-11(17)10(20-12(15)13)5-6-14-8-3-2-4-9(7-8)16(18)19/h2-4,7,10,13-14H,5-6H2,1H3. The number of carbonyl (C=O) groups is 1. The molecule has 1 aliphatic rings. The number of hydrogen-bond acceptors (Lipinski definition) is 6. The fourth-order valence-corrected chi connectivity index (χ4v) is 2.85. The zero-order valence-electron chi connectivity index (χ0n) is 10.8. The number of amidine groups is 1. The summed E-state index contributed by atoms with van der Waals surface area (Å²) in [6.07, 6.45) is 0.568. The summed E-state index contributed by atoms with van der Waals surface area (Å²) in [4.78, 5) is 23.3. The molecule has 1 heterocycles. The molecule has 0 bridgehead atoms. The highest BCUT2D eigenvalue weighted by atomic mass is 32.2. The number of rotatable bonds is 5. The van der Waals surface area contributed by atoms with Gasteiger partial charge in [0.15, 0.2) is 5.17 Å². The van der Waals surface area contributed by atoms with Gasteiger partial charge in [-0.15, -0.1) is 0 Å². The van der Waals surface area contributed by atoms with Crippen molar-refractivity contribution in [2.75, 3.05) is 18.9 Å². The van der Waals surface area contributed by atoms with Gasteiger partial charge in [-0.1, -0.05) is 17.8 Å². The summed E-state index contributed by atoms with van der Waals surface area (Å²) in [5.74, 6) is -0.0687. The van der Waals surface area contributed by atoms with Crippen LogP contribution in [0.1, 0.15) is 6.42 Å². The predicted molar refractivity (Wildman–Crippen MR) is 78.1 cm³/mol. The molecule has 1 fully saturated rings. The van der Waals surface area contributed by atoms with E-state index in [0.717, 1.165) is 0 Å². The van der Waals surface area contributed by atoms with Crippen LogP contribution in [0.25, 0.3) is 0 Å². The van der Waals surface area contributed by atoms with E-state index in [2.05, 4.69) is 5.32 Å². The van der Waals surface area contributed by atoms with Gasteiger partial charge in [-0.3, -0.25) is 25.2 Å². The molecule has 106 valence electrons. The van der Waals surface area contributed by atoms with Crippen LogP contribution in [0.15, 0.2) is 24.3 Å². The van der Waals surface area contributed by atoms with E-state index >= 15 is 0 Å². The molecule has 2 rings (SSSR count). The Bertz CT molecular complexity index is 563. The van der Waals surface area contributed by atoms with Crippen LogP contribution in [0.2, 0.25) is 0 Å². The van der Waals surface area contributed by atoms with Crippen molar-refractivity contribution in [1.29, 1.82) is 5.41 Å². The van der Waals surface area contributed by atoms with Crippen LogP contribution in [0.5, 0.6) is 0 Å². The van der Waals surface area contributed by atoms with E-state index in [0.29, 0.717) is 18.7 Å². The second-order valence-electron chi connectivity index (χ2n) is 4.33. The average Bonchev–Trinajstić information content (AvgIpc) is 2.67. The van der Waals surface area contributed by atoms with E-state index < -0.39 is 4.92 Å².